The molecule has 20 heavy (non-hydrogen) atoms. The molecule has 1 unspecified atom stereocenters. The molecule has 4 nitrogen and oxygen atoms in total. The first kappa shape index (κ1) is 15.1. The second-order valence-corrected chi connectivity index (χ2v) is 6.12. The Morgan fingerprint density at radius 1 is 1.45 bits per heavy atom. The second-order valence-electron chi connectivity index (χ2n) is 4.90. The fourth-order valence-corrected chi connectivity index (χ4v) is 3.10. The average molecular weight is 297 g/mol. The van der Waals surface area contributed by atoms with Gasteiger partial charge in [0.1, 0.15) is 5.82 Å². The zero-order chi connectivity index (χ0) is 14.5. The highest BCUT2D eigenvalue weighted by molar-refractivity contribution is 7.99. The van der Waals surface area contributed by atoms with Crippen molar-refractivity contribution >= 4 is 29.0 Å². The highest BCUT2D eigenvalue weighted by atomic mass is 32.2. The van der Waals surface area contributed by atoms with Crippen LogP contribution in [0.3, 0.4) is 0 Å². The second kappa shape index (κ2) is 6.95. The van der Waals surface area contributed by atoms with Gasteiger partial charge in [-0.25, -0.2) is 4.39 Å². The first-order valence-corrected chi connectivity index (χ1v) is 7.91. The Bertz CT molecular complexity index is 475. The molecule has 0 aliphatic carbocycles. The molecule has 1 aliphatic rings. The lowest BCUT2D eigenvalue weighted by molar-refractivity contribution is -0.120. The molecule has 1 amide bonds. The van der Waals surface area contributed by atoms with Gasteiger partial charge in [0.2, 0.25) is 5.91 Å². The monoisotopic (exact) mass is 297 g/mol. The predicted molar refractivity (Wildman–Crippen MR) is 82.4 cm³/mol. The zero-order valence-electron chi connectivity index (χ0n) is 11.6. The molecule has 1 aromatic rings. The Morgan fingerprint density at radius 2 is 2.25 bits per heavy atom. The molecule has 1 saturated heterocycles. The lowest BCUT2D eigenvalue weighted by Crippen LogP contribution is -2.43. The maximum Gasteiger partial charge on any atom is 0.241 e. The molecule has 2 rings (SSSR count). The van der Waals surface area contributed by atoms with E-state index < -0.39 is 5.82 Å². The highest BCUT2D eigenvalue weighted by Crippen LogP contribution is 2.20. The standard InChI is InChI=1S/C14H20FN3OS/c1-10(18-5-2-7-20-8-6-18)14(19)17-13-4-3-11(15)9-12(13)16/h3-4,9-10H,2,5-8,16H2,1H3,(H,17,19). The van der Waals surface area contributed by atoms with E-state index in [9.17, 15) is 9.18 Å². The van der Waals surface area contributed by atoms with E-state index in [1.807, 2.05) is 18.7 Å². The van der Waals surface area contributed by atoms with E-state index in [0.717, 1.165) is 31.0 Å². The minimum Gasteiger partial charge on any atom is -0.397 e. The Kier molecular flexibility index (Phi) is 5.25. The van der Waals surface area contributed by atoms with Gasteiger partial charge in [-0.1, -0.05) is 0 Å². The summed E-state index contributed by atoms with van der Waals surface area (Å²) in [5.41, 5.74) is 6.41. The van der Waals surface area contributed by atoms with Crippen LogP contribution in [0.4, 0.5) is 15.8 Å². The highest BCUT2D eigenvalue weighted by Gasteiger charge is 2.22. The molecule has 1 fully saturated rings. The van der Waals surface area contributed by atoms with E-state index in [0.29, 0.717) is 5.69 Å². The predicted octanol–water partition coefficient (Wildman–Crippen LogP) is 2.17. The van der Waals surface area contributed by atoms with Crippen molar-refractivity contribution in [2.45, 2.75) is 19.4 Å². The quantitative estimate of drug-likeness (QED) is 0.840. The van der Waals surface area contributed by atoms with E-state index in [1.54, 1.807) is 0 Å². The van der Waals surface area contributed by atoms with Crippen LogP contribution in [-0.2, 0) is 4.79 Å². The van der Waals surface area contributed by atoms with E-state index in [4.69, 9.17) is 5.73 Å². The van der Waals surface area contributed by atoms with Crippen LogP contribution in [0.2, 0.25) is 0 Å². The molecule has 3 N–H and O–H groups in total. The van der Waals surface area contributed by atoms with Gasteiger partial charge >= 0.3 is 0 Å². The van der Waals surface area contributed by atoms with Gasteiger partial charge in [-0.2, -0.15) is 11.8 Å². The lowest BCUT2D eigenvalue weighted by atomic mass is 10.2. The van der Waals surface area contributed by atoms with Crippen LogP contribution in [0, 0.1) is 5.82 Å². The van der Waals surface area contributed by atoms with Crippen molar-refractivity contribution in [3.63, 3.8) is 0 Å². The number of carbonyl (C=O) groups is 1. The first-order valence-electron chi connectivity index (χ1n) is 6.75. The first-order chi connectivity index (χ1) is 9.58. The number of hydrogen-bond donors (Lipinski definition) is 2. The number of halogens is 1. The van der Waals surface area contributed by atoms with Crippen LogP contribution in [0.1, 0.15) is 13.3 Å². The van der Waals surface area contributed by atoms with Crippen molar-refractivity contribution in [2.24, 2.45) is 0 Å². The number of carbonyl (C=O) groups excluding carboxylic acids is 1. The molecular weight excluding hydrogens is 277 g/mol. The van der Waals surface area contributed by atoms with Crippen molar-refractivity contribution in [2.75, 3.05) is 35.6 Å². The molecule has 6 heteroatoms. The van der Waals surface area contributed by atoms with Crippen LogP contribution in [0.5, 0.6) is 0 Å². The molecule has 1 heterocycles. The molecule has 1 atom stereocenters. The third-order valence-electron chi connectivity index (χ3n) is 3.46. The summed E-state index contributed by atoms with van der Waals surface area (Å²) >= 11 is 1.92. The van der Waals surface area contributed by atoms with E-state index in [1.165, 1.54) is 18.2 Å². The summed E-state index contributed by atoms with van der Waals surface area (Å²) in [5, 5.41) is 2.78. The Morgan fingerprint density at radius 3 is 3.00 bits per heavy atom. The maximum absolute atomic E-state index is 13.0. The summed E-state index contributed by atoms with van der Waals surface area (Å²) in [7, 11) is 0. The van der Waals surface area contributed by atoms with Gasteiger partial charge in [0.15, 0.2) is 0 Å². The largest absolute Gasteiger partial charge is 0.397 e. The van der Waals surface area contributed by atoms with Gasteiger partial charge in [-0.3, -0.25) is 9.69 Å². The van der Waals surface area contributed by atoms with Crippen LogP contribution in [-0.4, -0.2) is 41.4 Å². The third kappa shape index (κ3) is 3.86. The average Bonchev–Trinajstić information content (AvgIpc) is 2.70. The van der Waals surface area contributed by atoms with E-state index in [2.05, 4.69) is 10.2 Å². The molecule has 0 bridgehead atoms. The van der Waals surface area contributed by atoms with Crippen molar-refractivity contribution in [1.82, 2.24) is 4.90 Å². The molecule has 0 spiro atoms. The van der Waals surface area contributed by atoms with Crippen LogP contribution < -0.4 is 11.1 Å². The topological polar surface area (TPSA) is 58.4 Å². The fraction of sp³-hybridized carbons (Fsp3) is 0.500. The summed E-state index contributed by atoms with van der Waals surface area (Å²) in [6.07, 6.45) is 1.10. The number of nitrogen functional groups attached to an aromatic ring is 1. The maximum atomic E-state index is 13.0. The number of hydrogen-bond acceptors (Lipinski definition) is 4. The van der Waals surface area contributed by atoms with Crippen molar-refractivity contribution in [3.8, 4) is 0 Å². The lowest BCUT2D eigenvalue weighted by Gasteiger charge is -2.26. The molecule has 1 aliphatic heterocycles. The zero-order valence-corrected chi connectivity index (χ0v) is 12.4. The SMILES string of the molecule is CC(C(=O)Nc1ccc(F)cc1N)N1CCCSCC1. The summed E-state index contributed by atoms with van der Waals surface area (Å²) in [6.45, 7) is 3.74. The van der Waals surface area contributed by atoms with E-state index in [-0.39, 0.29) is 17.6 Å². The van der Waals surface area contributed by atoms with Gasteiger partial charge in [0.05, 0.1) is 17.4 Å². The Balaban J connectivity index is 1.99. The van der Waals surface area contributed by atoms with Crippen LogP contribution in [0.15, 0.2) is 18.2 Å². The molecule has 0 radical (unpaired) electrons. The van der Waals surface area contributed by atoms with Gasteiger partial charge in [-0.15, -0.1) is 0 Å². The number of rotatable bonds is 3. The third-order valence-corrected chi connectivity index (χ3v) is 4.50. The molecule has 0 aromatic heterocycles. The normalized spacial score (nSPS) is 18.3. The molecular formula is C14H20FN3OS. The van der Waals surface area contributed by atoms with Crippen molar-refractivity contribution < 1.29 is 9.18 Å². The van der Waals surface area contributed by atoms with Crippen molar-refractivity contribution in [1.29, 1.82) is 0 Å². The number of thioether (sulfide) groups is 1. The Hall–Kier alpha value is -1.27. The van der Waals surface area contributed by atoms with Crippen LogP contribution in [0.25, 0.3) is 0 Å². The minimum absolute atomic E-state index is 0.102. The number of benzene rings is 1. The summed E-state index contributed by atoms with van der Waals surface area (Å²) in [5.74, 6) is 1.69. The summed E-state index contributed by atoms with van der Waals surface area (Å²) in [6, 6.07) is 3.79. The number of nitrogens with zero attached hydrogens (tertiary/aromatic N) is 1. The summed E-state index contributed by atoms with van der Waals surface area (Å²) in [4.78, 5) is 14.4. The van der Waals surface area contributed by atoms with Gasteiger partial charge in [0.25, 0.3) is 0 Å². The number of anilines is 2. The number of nitrogens with two attached hydrogens (primary N) is 1. The summed E-state index contributed by atoms with van der Waals surface area (Å²) < 4.78 is 13.0. The molecule has 0 saturated carbocycles. The fourth-order valence-electron chi connectivity index (χ4n) is 2.20. The molecule has 1 aromatic carbocycles. The van der Waals surface area contributed by atoms with Crippen LogP contribution >= 0.6 is 11.8 Å². The van der Waals surface area contributed by atoms with Gasteiger partial charge in [-0.05, 0) is 43.8 Å². The van der Waals surface area contributed by atoms with Crippen molar-refractivity contribution in [3.05, 3.63) is 24.0 Å². The van der Waals surface area contributed by atoms with E-state index >= 15 is 0 Å². The van der Waals surface area contributed by atoms with Gasteiger partial charge < -0.3 is 11.1 Å². The number of nitrogens with one attached hydrogen (secondary N) is 1. The molecule has 110 valence electrons. The smallest absolute Gasteiger partial charge is 0.241 e. The number of amides is 1. The Labute approximate surface area is 122 Å². The minimum atomic E-state index is -0.405. The van der Waals surface area contributed by atoms with Gasteiger partial charge in [0, 0.05) is 12.3 Å².